The van der Waals surface area contributed by atoms with E-state index in [9.17, 15) is 5.11 Å². The van der Waals surface area contributed by atoms with Crippen molar-refractivity contribution < 1.29 is 5.11 Å². The van der Waals surface area contributed by atoms with Crippen molar-refractivity contribution in [2.75, 3.05) is 0 Å². The van der Waals surface area contributed by atoms with Crippen LogP contribution in [0.4, 0.5) is 0 Å². The minimum Gasteiger partial charge on any atom is -0.393 e. The highest BCUT2D eigenvalue weighted by Gasteiger charge is 2.23. The molecule has 0 bridgehead atoms. The molecule has 0 aromatic carbocycles. The summed E-state index contributed by atoms with van der Waals surface area (Å²) in [5.74, 6) is 0. The first-order chi connectivity index (χ1) is 5.52. The second-order valence-corrected chi connectivity index (χ2v) is 4.65. The van der Waals surface area contributed by atoms with E-state index < -0.39 is 0 Å². The summed E-state index contributed by atoms with van der Waals surface area (Å²) in [6, 6.07) is 2.02. The fourth-order valence-corrected chi connectivity index (χ4v) is 2.09. The van der Waals surface area contributed by atoms with Crippen LogP contribution in [0.25, 0.3) is 0 Å². The standard InChI is InChI=1S/C9H15NOS/c1-7(11)6-9(2,3)8-4-5-10-12-8/h4-5,7,11H,6H2,1-3H3. The predicted octanol–water partition coefficient (Wildman–Crippen LogP) is 2.19. The van der Waals surface area contributed by atoms with Crippen LogP contribution in [0, 0.1) is 0 Å². The second kappa shape index (κ2) is 3.54. The molecule has 1 rings (SSSR count). The summed E-state index contributed by atoms with van der Waals surface area (Å²) in [7, 11) is 0. The van der Waals surface area contributed by atoms with Gasteiger partial charge in [0.05, 0.1) is 6.10 Å². The zero-order valence-corrected chi connectivity index (χ0v) is 8.56. The van der Waals surface area contributed by atoms with Gasteiger partial charge in [-0.3, -0.25) is 0 Å². The second-order valence-electron chi connectivity index (χ2n) is 3.81. The Morgan fingerprint density at radius 1 is 1.67 bits per heavy atom. The lowest BCUT2D eigenvalue weighted by atomic mass is 9.85. The van der Waals surface area contributed by atoms with Crippen molar-refractivity contribution in [3.63, 3.8) is 0 Å². The monoisotopic (exact) mass is 185 g/mol. The van der Waals surface area contributed by atoms with Crippen LogP contribution in [0.15, 0.2) is 12.3 Å². The average Bonchev–Trinajstić information content (AvgIpc) is 2.32. The van der Waals surface area contributed by atoms with Gasteiger partial charge in [-0.25, -0.2) is 4.37 Å². The third-order valence-corrected chi connectivity index (χ3v) is 3.02. The molecule has 1 aromatic heterocycles. The molecule has 2 nitrogen and oxygen atoms in total. The fourth-order valence-electron chi connectivity index (χ4n) is 1.40. The van der Waals surface area contributed by atoms with Crippen molar-refractivity contribution in [3.05, 3.63) is 17.1 Å². The molecule has 12 heavy (non-hydrogen) atoms. The Morgan fingerprint density at radius 3 is 2.75 bits per heavy atom. The predicted molar refractivity (Wildman–Crippen MR) is 51.4 cm³/mol. The molecule has 0 saturated heterocycles. The van der Waals surface area contributed by atoms with Crippen LogP contribution in [0.1, 0.15) is 32.1 Å². The van der Waals surface area contributed by atoms with E-state index in [1.165, 1.54) is 16.4 Å². The smallest absolute Gasteiger partial charge is 0.0520 e. The van der Waals surface area contributed by atoms with Crippen LogP contribution in [0.5, 0.6) is 0 Å². The Bertz CT molecular complexity index is 229. The SMILES string of the molecule is CC(O)CC(C)(C)c1ccns1. The first kappa shape index (κ1) is 9.68. The molecule has 1 aromatic rings. The Kier molecular flexibility index (Phi) is 2.85. The summed E-state index contributed by atoms with van der Waals surface area (Å²) < 4.78 is 4.06. The van der Waals surface area contributed by atoms with Crippen molar-refractivity contribution >= 4 is 11.5 Å². The molecule has 68 valence electrons. The molecule has 1 heterocycles. The highest BCUT2D eigenvalue weighted by Crippen LogP contribution is 2.30. The number of rotatable bonds is 3. The maximum Gasteiger partial charge on any atom is 0.0520 e. The molecule has 0 aliphatic heterocycles. The molecule has 0 spiro atoms. The van der Waals surface area contributed by atoms with Gasteiger partial charge in [0.1, 0.15) is 0 Å². The summed E-state index contributed by atoms with van der Waals surface area (Å²) in [5.41, 5.74) is 0.0509. The summed E-state index contributed by atoms with van der Waals surface area (Å²) >= 11 is 1.51. The number of hydrogen-bond acceptors (Lipinski definition) is 3. The highest BCUT2D eigenvalue weighted by atomic mass is 32.1. The zero-order chi connectivity index (χ0) is 9.19. The summed E-state index contributed by atoms with van der Waals surface area (Å²) in [5, 5.41) is 9.27. The Balaban J connectivity index is 2.72. The van der Waals surface area contributed by atoms with Gasteiger partial charge in [0.15, 0.2) is 0 Å². The molecule has 0 aliphatic rings. The fraction of sp³-hybridized carbons (Fsp3) is 0.667. The Labute approximate surface area is 77.4 Å². The third-order valence-electron chi connectivity index (χ3n) is 1.91. The Morgan fingerprint density at radius 2 is 2.33 bits per heavy atom. The number of aliphatic hydroxyl groups excluding tert-OH is 1. The summed E-state index contributed by atoms with van der Waals surface area (Å²) in [6.45, 7) is 6.09. The van der Waals surface area contributed by atoms with Crippen LogP contribution in [-0.2, 0) is 5.41 Å². The number of aliphatic hydroxyl groups is 1. The van der Waals surface area contributed by atoms with Gasteiger partial charge in [0.2, 0.25) is 0 Å². The van der Waals surface area contributed by atoms with Gasteiger partial charge in [-0.15, -0.1) is 0 Å². The van der Waals surface area contributed by atoms with Gasteiger partial charge in [-0.2, -0.15) is 0 Å². The molecule has 1 N–H and O–H groups in total. The Hall–Kier alpha value is -0.410. The molecule has 3 heteroatoms. The van der Waals surface area contributed by atoms with Crippen molar-refractivity contribution in [2.24, 2.45) is 0 Å². The van der Waals surface area contributed by atoms with Gasteiger partial charge < -0.3 is 5.11 Å². The largest absolute Gasteiger partial charge is 0.393 e. The van der Waals surface area contributed by atoms with E-state index in [1.807, 2.05) is 19.2 Å². The first-order valence-electron chi connectivity index (χ1n) is 4.11. The summed E-state index contributed by atoms with van der Waals surface area (Å²) in [4.78, 5) is 1.24. The van der Waals surface area contributed by atoms with Crippen molar-refractivity contribution in [2.45, 2.75) is 38.7 Å². The van der Waals surface area contributed by atoms with Gasteiger partial charge in [-0.05, 0) is 30.9 Å². The topological polar surface area (TPSA) is 33.1 Å². The van der Waals surface area contributed by atoms with E-state index >= 15 is 0 Å². The lowest BCUT2D eigenvalue weighted by Crippen LogP contribution is -2.21. The van der Waals surface area contributed by atoms with Gasteiger partial charge >= 0.3 is 0 Å². The van der Waals surface area contributed by atoms with Gasteiger partial charge in [-0.1, -0.05) is 13.8 Å². The molecule has 0 aliphatic carbocycles. The van der Waals surface area contributed by atoms with E-state index in [0.29, 0.717) is 0 Å². The van der Waals surface area contributed by atoms with Gasteiger partial charge in [0, 0.05) is 16.5 Å². The highest BCUT2D eigenvalue weighted by molar-refractivity contribution is 7.05. The van der Waals surface area contributed by atoms with Crippen LogP contribution in [-0.4, -0.2) is 15.6 Å². The molecule has 0 saturated carbocycles. The van der Waals surface area contributed by atoms with Crippen molar-refractivity contribution in [3.8, 4) is 0 Å². The molecular weight excluding hydrogens is 170 g/mol. The third kappa shape index (κ3) is 2.29. The van der Waals surface area contributed by atoms with E-state index in [2.05, 4.69) is 18.2 Å². The van der Waals surface area contributed by atoms with E-state index in [4.69, 9.17) is 0 Å². The number of nitrogens with zero attached hydrogens (tertiary/aromatic N) is 1. The maximum absolute atomic E-state index is 9.27. The summed E-state index contributed by atoms with van der Waals surface area (Å²) in [6.07, 6.45) is 2.35. The average molecular weight is 185 g/mol. The molecular formula is C9H15NOS. The molecule has 0 radical (unpaired) electrons. The quantitative estimate of drug-likeness (QED) is 0.783. The van der Waals surface area contributed by atoms with E-state index in [-0.39, 0.29) is 11.5 Å². The minimum atomic E-state index is -0.248. The van der Waals surface area contributed by atoms with E-state index in [1.54, 1.807) is 0 Å². The minimum absolute atomic E-state index is 0.0509. The molecule has 1 unspecified atom stereocenters. The molecule has 0 amide bonds. The zero-order valence-electron chi connectivity index (χ0n) is 7.74. The van der Waals surface area contributed by atoms with Crippen LogP contribution >= 0.6 is 11.5 Å². The van der Waals surface area contributed by atoms with Crippen molar-refractivity contribution in [1.29, 1.82) is 0 Å². The molecule has 0 fully saturated rings. The van der Waals surface area contributed by atoms with Crippen LogP contribution in [0.2, 0.25) is 0 Å². The maximum atomic E-state index is 9.27. The normalized spacial score (nSPS) is 14.7. The first-order valence-corrected chi connectivity index (χ1v) is 4.89. The lowest BCUT2D eigenvalue weighted by Gasteiger charge is -2.23. The van der Waals surface area contributed by atoms with Crippen LogP contribution < -0.4 is 0 Å². The lowest BCUT2D eigenvalue weighted by molar-refractivity contribution is 0.158. The molecule has 1 atom stereocenters. The van der Waals surface area contributed by atoms with Gasteiger partial charge in [0.25, 0.3) is 0 Å². The van der Waals surface area contributed by atoms with Crippen molar-refractivity contribution in [1.82, 2.24) is 4.37 Å². The van der Waals surface area contributed by atoms with Crippen LogP contribution in [0.3, 0.4) is 0 Å². The number of hydrogen-bond donors (Lipinski definition) is 1. The number of aromatic nitrogens is 1. The van der Waals surface area contributed by atoms with E-state index in [0.717, 1.165) is 6.42 Å².